The summed E-state index contributed by atoms with van der Waals surface area (Å²) in [6.45, 7) is 2.14. The first-order chi connectivity index (χ1) is 4.36. The summed E-state index contributed by atoms with van der Waals surface area (Å²) < 4.78 is 4.00. The predicted octanol–water partition coefficient (Wildman–Crippen LogP) is 1.20. The number of hydrogen-bond acceptors (Lipinski definition) is 3. The zero-order chi connectivity index (χ0) is 6.69. The third-order valence-electron chi connectivity index (χ3n) is 1.12. The fraction of sp³-hybridized carbons (Fsp3) is 0.500. The Labute approximate surface area is 58.3 Å². The Morgan fingerprint density at radius 3 is 2.89 bits per heavy atom. The lowest BCUT2D eigenvalue weighted by molar-refractivity contribution is 0.278. The molecule has 0 unspecified atom stereocenters. The zero-order valence-electron chi connectivity index (χ0n) is 5.29. The average Bonchev–Trinajstić information content (AvgIpc) is 2.34. The molecular formula is C6H9NOS. The highest BCUT2D eigenvalue weighted by molar-refractivity contribution is 7.05. The van der Waals surface area contributed by atoms with Crippen LogP contribution in [0.15, 0.2) is 6.07 Å². The van der Waals surface area contributed by atoms with Crippen molar-refractivity contribution < 1.29 is 5.11 Å². The van der Waals surface area contributed by atoms with E-state index in [4.69, 9.17) is 5.11 Å². The molecule has 0 amide bonds. The maximum Gasteiger partial charge on any atom is 0.0863 e. The fourth-order valence-electron chi connectivity index (χ4n) is 0.597. The molecule has 1 N–H and O–H groups in total. The molecule has 0 aromatic carbocycles. The molecule has 0 aliphatic rings. The van der Waals surface area contributed by atoms with Crippen molar-refractivity contribution in [2.45, 2.75) is 20.0 Å². The summed E-state index contributed by atoms with van der Waals surface area (Å²) in [7, 11) is 0. The van der Waals surface area contributed by atoms with Gasteiger partial charge in [-0.25, -0.2) is 0 Å². The third kappa shape index (κ3) is 1.50. The minimum Gasteiger partial charge on any atom is -0.390 e. The van der Waals surface area contributed by atoms with Gasteiger partial charge in [0.1, 0.15) is 0 Å². The van der Waals surface area contributed by atoms with Crippen molar-refractivity contribution in [1.29, 1.82) is 0 Å². The van der Waals surface area contributed by atoms with Crippen molar-refractivity contribution in [3.05, 3.63) is 16.6 Å². The van der Waals surface area contributed by atoms with Gasteiger partial charge < -0.3 is 5.11 Å². The molecule has 0 saturated heterocycles. The van der Waals surface area contributed by atoms with Gasteiger partial charge in [0.2, 0.25) is 0 Å². The molecule has 50 valence electrons. The fourth-order valence-corrected chi connectivity index (χ4v) is 1.26. The van der Waals surface area contributed by atoms with Gasteiger partial charge in [-0.05, 0) is 24.0 Å². The Balaban J connectivity index is 2.74. The van der Waals surface area contributed by atoms with Crippen LogP contribution in [-0.4, -0.2) is 9.48 Å². The summed E-state index contributed by atoms with van der Waals surface area (Å²) in [6, 6.07) is 1.94. The first kappa shape index (κ1) is 6.71. The van der Waals surface area contributed by atoms with Crippen LogP contribution in [0.4, 0.5) is 0 Å². The molecule has 1 heterocycles. The van der Waals surface area contributed by atoms with Crippen LogP contribution in [-0.2, 0) is 13.0 Å². The van der Waals surface area contributed by atoms with Gasteiger partial charge in [0.25, 0.3) is 0 Å². The molecule has 1 aromatic heterocycles. The van der Waals surface area contributed by atoms with Gasteiger partial charge in [-0.1, -0.05) is 6.92 Å². The molecular weight excluding hydrogens is 134 g/mol. The highest BCUT2D eigenvalue weighted by atomic mass is 32.1. The highest BCUT2D eigenvalue weighted by Gasteiger charge is 1.95. The van der Waals surface area contributed by atoms with Gasteiger partial charge in [-0.15, -0.1) is 0 Å². The number of rotatable bonds is 2. The summed E-state index contributed by atoms with van der Waals surface area (Å²) in [4.78, 5) is 1.24. The van der Waals surface area contributed by atoms with E-state index in [1.165, 1.54) is 16.4 Å². The van der Waals surface area contributed by atoms with E-state index >= 15 is 0 Å². The van der Waals surface area contributed by atoms with Crippen LogP contribution < -0.4 is 0 Å². The van der Waals surface area contributed by atoms with E-state index in [0.29, 0.717) is 0 Å². The molecule has 2 nitrogen and oxygen atoms in total. The van der Waals surface area contributed by atoms with Crippen LogP contribution in [0.3, 0.4) is 0 Å². The molecule has 9 heavy (non-hydrogen) atoms. The standard InChI is InChI=1S/C6H9NOS/c1-2-6-3-5(4-8)7-9-6/h3,8H,2,4H2,1H3. The van der Waals surface area contributed by atoms with E-state index in [1.807, 2.05) is 6.07 Å². The van der Waals surface area contributed by atoms with Crippen LogP contribution in [0.1, 0.15) is 17.5 Å². The molecule has 0 fully saturated rings. The lowest BCUT2D eigenvalue weighted by Crippen LogP contribution is -1.78. The smallest absolute Gasteiger partial charge is 0.0863 e. The van der Waals surface area contributed by atoms with Gasteiger partial charge in [-0.2, -0.15) is 4.37 Å². The van der Waals surface area contributed by atoms with E-state index in [9.17, 15) is 0 Å². The van der Waals surface area contributed by atoms with E-state index < -0.39 is 0 Å². The van der Waals surface area contributed by atoms with E-state index in [-0.39, 0.29) is 6.61 Å². The number of aliphatic hydroxyl groups is 1. The van der Waals surface area contributed by atoms with Gasteiger partial charge in [0.15, 0.2) is 0 Å². The average molecular weight is 143 g/mol. The molecule has 1 aromatic rings. The molecule has 0 bridgehead atoms. The van der Waals surface area contributed by atoms with Crippen LogP contribution in [0.25, 0.3) is 0 Å². The quantitative estimate of drug-likeness (QED) is 0.674. The van der Waals surface area contributed by atoms with Crippen molar-refractivity contribution in [3.8, 4) is 0 Å². The van der Waals surface area contributed by atoms with E-state index in [2.05, 4.69) is 11.3 Å². The molecule has 1 rings (SSSR count). The van der Waals surface area contributed by atoms with Crippen LogP contribution in [0.5, 0.6) is 0 Å². The summed E-state index contributed by atoms with van der Waals surface area (Å²) in [5.74, 6) is 0. The van der Waals surface area contributed by atoms with Crippen molar-refractivity contribution >= 4 is 11.5 Å². The monoisotopic (exact) mass is 143 g/mol. The molecule has 0 spiro atoms. The predicted molar refractivity (Wildman–Crippen MR) is 37.4 cm³/mol. The summed E-state index contributed by atoms with van der Waals surface area (Å²) in [6.07, 6.45) is 1.01. The number of hydrogen-bond donors (Lipinski definition) is 1. The van der Waals surface area contributed by atoms with Gasteiger partial charge in [-0.3, -0.25) is 0 Å². The van der Waals surface area contributed by atoms with Crippen molar-refractivity contribution in [2.24, 2.45) is 0 Å². The van der Waals surface area contributed by atoms with Gasteiger partial charge in [0, 0.05) is 4.88 Å². The molecule has 0 saturated carbocycles. The second kappa shape index (κ2) is 2.94. The number of aliphatic hydroxyl groups excluding tert-OH is 1. The zero-order valence-corrected chi connectivity index (χ0v) is 6.11. The lowest BCUT2D eigenvalue weighted by Gasteiger charge is -1.80. The Bertz CT molecular complexity index is 166. The molecule has 0 aliphatic heterocycles. The topological polar surface area (TPSA) is 33.1 Å². The summed E-state index contributed by atoms with van der Waals surface area (Å²) in [5, 5.41) is 8.59. The van der Waals surface area contributed by atoms with Crippen molar-refractivity contribution in [1.82, 2.24) is 4.37 Å². The normalized spacial score (nSPS) is 10.0. The van der Waals surface area contributed by atoms with Crippen molar-refractivity contribution in [3.63, 3.8) is 0 Å². The maximum absolute atomic E-state index is 8.59. The maximum atomic E-state index is 8.59. The van der Waals surface area contributed by atoms with Crippen LogP contribution in [0, 0.1) is 0 Å². The first-order valence-electron chi connectivity index (χ1n) is 2.92. The second-order valence-electron chi connectivity index (χ2n) is 1.80. The number of nitrogens with zero attached hydrogens (tertiary/aromatic N) is 1. The molecule has 0 radical (unpaired) electrons. The minimum atomic E-state index is 0.0660. The van der Waals surface area contributed by atoms with Crippen molar-refractivity contribution in [2.75, 3.05) is 0 Å². The Hall–Kier alpha value is -0.410. The Morgan fingerprint density at radius 2 is 2.56 bits per heavy atom. The Morgan fingerprint density at radius 1 is 1.78 bits per heavy atom. The number of aryl methyl sites for hydroxylation is 1. The first-order valence-corrected chi connectivity index (χ1v) is 3.69. The van der Waals surface area contributed by atoms with Gasteiger partial charge in [0.05, 0.1) is 12.3 Å². The molecule has 3 heteroatoms. The largest absolute Gasteiger partial charge is 0.390 e. The highest BCUT2D eigenvalue weighted by Crippen LogP contribution is 2.09. The number of aromatic nitrogens is 1. The lowest BCUT2D eigenvalue weighted by atomic mass is 10.3. The van der Waals surface area contributed by atoms with E-state index in [1.54, 1.807) is 0 Å². The van der Waals surface area contributed by atoms with Gasteiger partial charge >= 0.3 is 0 Å². The second-order valence-corrected chi connectivity index (χ2v) is 2.69. The summed E-state index contributed by atoms with van der Waals surface area (Å²) in [5.41, 5.74) is 0.789. The summed E-state index contributed by atoms with van der Waals surface area (Å²) >= 11 is 1.46. The molecule has 0 aliphatic carbocycles. The van der Waals surface area contributed by atoms with Crippen LogP contribution in [0.2, 0.25) is 0 Å². The third-order valence-corrected chi connectivity index (χ3v) is 2.09. The van der Waals surface area contributed by atoms with Crippen LogP contribution >= 0.6 is 11.5 Å². The SMILES string of the molecule is CCc1cc(CO)ns1. The molecule has 0 atom stereocenters. The Kier molecular flexibility index (Phi) is 2.19. The van der Waals surface area contributed by atoms with E-state index in [0.717, 1.165) is 12.1 Å². The minimum absolute atomic E-state index is 0.0660.